The maximum absolute atomic E-state index is 13.7. The molecule has 1 fully saturated rings. The van der Waals surface area contributed by atoms with Gasteiger partial charge in [-0.25, -0.2) is 8.42 Å². The first kappa shape index (κ1) is 26.8. The average Bonchev–Trinajstić information content (AvgIpc) is 2.83. The highest BCUT2D eigenvalue weighted by Gasteiger charge is 2.50. The number of hydrogen-bond acceptors (Lipinski definition) is 5. The van der Waals surface area contributed by atoms with Crippen LogP contribution in [0.2, 0.25) is 5.02 Å². The summed E-state index contributed by atoms with van der Waals surface area (Å²) in [5.41, 5.74) is 1.11. The Bertz CT molecular complexity index is 1380. The van der Waals surface area contributed by atoms with Gasteiger partial charge < -0.3 is 14.6 Å². The molecule has 0 amide bonds. The fourth-order valence-electron chi connectivity index (χ4n) is 4.57. The van der Waals surface area contributed by atoms with Crippen molar-refractivity contribution in [2.75, 3.05) is 13.7 Å². The van der Waals surface area contributed by atoms with Crippen molar-refractivity contribution in [3.05, 3.63) is 77.3 Å². The number of carbonyl (C=O) groups is 1. The number of hydrogen-bond donors (Lipinski definition) is 1. The van der Waals surface area contributed by atoms with Crippen LogP contribution >= 0.6 is 11.6 Å². The van der Waals surface area contributed by atoms with Gasteiger partial charge in [-0.1, -0.05) is 35.9 Å². The number of rotatable bonds is 10. The lowest BCUT2D eigenvalue weighted by molar-refractivity contribution is -0.139. The van der Waals surface area contributed by atoms with Gasteiger partial charge in [0.1, 0.15) is 18.0 Å². The topological polar surface area (TPSA) is 93.1 Å². The average molecular weight is 552 g/mol. The first-order valence-electron chi connectivity index (χ1n) is 11.3. The smallest absolute Gasteiger partial charge is 0.387 e. The van der Waals surface area contributed by atoms with Crippen molar-refractivity contribution in [1.29, 1.82) is 0 Å². The molecule has 1 aliphatic carbocycles. The minimum atomic E-state index is -4.31. The van der Waals surface area contributed by atoms with Crippen LogP contribution in [0.3, 0.4) is 0 Å². The Morgan fingerprint density at radius 3 is 2.24 bits per heavy atom. The molecule has 0 spiro atoms. The van der Waals surface area contributed by atoms with E-state index >= 15 is 0 Å². The van der Waals surface area contributed by atoms with Crippen LogP contribution in [-0.4, -0.2) is 44.1 Å². The summed E-state index contributed by atoms with van der Waals surface area (Å²) in [6.07, 6.45) is 1.55. The number of carboxylic acids is 1. The van der Waals surface area contributed by atoms with Gasteiger partial charge in [0.2, 0.25) is 10.0 Å². The molecule has 0 atom stereocenters. The van der Waals surface area contributed by atoms with E-state index in [1.54, 1.807) is 37.4 Å². The van der Waals surface area contributed by atoms with Gasteiger partial charge in [0.25, 0.3) is 0 Å². The Kier molecular flexibility index (Phi) is 7.72. The minimum Gasteiger partial charge on any atom is -0.496 e. The van der Waals surface area contributed by atoms with Crippen molar-refractivity contribution in [1.82, 2.24) is 4.31 Å². The molecule has 4 rings (SSSR count). The maximum atomic E-state index is 13.7. The lowest BCUT2D eigenvalue weighted by Crippen LogP contribution is -2.55. The highest BCUT2D eigenvalue weighted by atomic mass is 35.5. The zero-order chi connectivity index (χ0) is 26.8. The number of ether oxygens (including phenoxy) is 2. The fourth-order valence-corrected chi connectivity index (χ4v) is 6.50. The molecule has 37 heavy (non-hydrogen) atoms. The molecule has 0 radical (unpaired) electrons. The number of carboxylic acid groups (broad SMARTS) is 1. The number of aliphatic carboxylic acids is 1. The number of nitrogens with zero attached hydrogens (tertiary/aromatic N) is 1. The van der Waals surface area contributed by atoms with Crippen molar-refractivity contribution >= 4 is 27.6 Å². The van der Waals surface area contributed by atoms with E-state index in [0.29, 0.717) is 35.6 Å². The maximum Gasteiger partial charge on any atom is 0.387 e. The second-order valence-electron chi connectivity index (χ2n) is 8.56. The second-order valence-corrected chi connectivity index (χ2v) is 10.9. The quantitative estimate of drug-likeness (QED) is 0.344. The van der Waals surface area contributed by atoms with Crippen LogP contribution in [-0.2, 0) is 20.4 Å². The Labute approximate surface area is 218 Å². The molecule has 0 aromatic heterocycles. The Balaban J connectivity index is 1.73. The molecule has 0 saturated heterocycles. The predicted molar refractivity (Wildman–Crippen MR) is 134 cm³/mol. The molecule has 0 aliphatic heterocycles. The van der Waals surface area contributed by atoms with Crippen LogP contribution in [0.15, 0.2) is 71.6 Å². The molecule has 7 nitrogen and oxygen atoms in total. The van der Waals surface area contributed by atoms with Crippen molar-refractivity contribution in [2.24, 2.45) is 0 Å². The van der Waals surface area contributed by atoms with Crippen molar-refractivity contribution in [3.8, 4) is 22.6 Å². The molecule has 0 heterocycles. The predicted octanol–water partition coefficient (Wildman–Crippen LogP) is 5.77. The summed E-state index contributed by atoms with van der Waals surface area (Å²) in [6.45, 7) is -3.82. The molecule has 1 aliphatic rings. The van der Waals surface area contributed by atoms with E-state index in [-0.39, 0.29) is 10.6 Å². The Hall–Kier alpha value is -3.21. The zero-order valence-electron chi connectivity index (χ0n) is 19.7. The standard InChI is InChI=1S/C26H24ClF2NO6S/c1-35-23-12-7-19(27)15-22(23)17-3-5-18(6-4-17)26(13-2-14-26)30(16-24(31)32)37(33,34)21-10-8-20(9-11-21)36-25(28)29/h3-12,15,25H,2,13-14,16H2,1H3,(H,31,32). The van der Waals surface area contributed by atoms with Gasteiger partial charge in [-0.05, 0) is 72.9 Å². The van der Waals surface area contributed by atoms with E-state index < -0.39 is 34.7 Å². The summed E-state index contributed by atoms with van der Waals surface area (Å²) < 4.78 is 63.0. The molecule has 11 heteroatoms. The molecule has 3 aromatic carbocycles. The van der Waals surface area contributed by atoms with E-state index in [2.05, 4.69) is 4.74 Å². The molecule has 0 unspecified atom stereocenters. The first-order valence-corrected chi connectivity index (χ1v) is 13.1. The molecule has 1 saturated carbocycles. The van der Waals surface area contributed by atoms with E-state index in [1.807, 2.05) is 12.1 Å². The van der Waals surface area contributed by atoms with Gasteiger partial charge >= 0.3 is 12.6 Å². The number of halogens is 3. The van der Waals surface area contributed by atoms with Crippen LogP contribution in [0, 0.1) is 0 Å². The van der Waals surface area contributed by atoms with Gasteiger partial charge in [-0.15, -0.1) is 0 Å². The van der Waals surface area contributed by atoms with Gasteiger partial charge in [0.15, 0.2) is 0 Å². The Morgan fingerprint density at radius 2 is 1.73 bits per heavy atom. The van der Waals surface area contributed by atoms with Crippen LogP contribution in [0.25, 0.3) is 11.1 Å². The van der Waals surface area contributed by atoms with Gasteiger partial charge in [0, 0.05) is 10.6 Å². The summed E-state index contributed by atoms with van der Waals surface area (Å²) in [6, 6.07) is 16.9. The fraction of sp³-hybridized carbons (Fsp3) is 0.269. The summed E-state index contributed by atoms with van der Waals surface area (Å²) in [4.78, 5) is 11.6. The van der Waals surface area contributed by atoms with Gasteiger partial charge in [0.05, 0.1) is 17.5 Å². The number of methoxy groups -OCH3 is 1. The van der Waals surface area contributed by atoms with Crippen molar-refractivity contribution in [2.45, 2.75) is 36.3 Å². The van der Waals surface area contributed by atoms with Gasteiger partial charge in [-0.2, -0.15) is 13.1 Å². The van der Waals surface area contributed by atoms with Crippen molar-refractivity contribution < 1.29 is 36.6 Å². The third kappa shape index (κ3) is 5.41. The van der Waals surface area contributed by atoms with Crippen LogP contribution in [0.4, 0.5) is 8.78 Å². The van der Waals surface area contributed by atoms with E-state index in [9.17, 15) is 27.1 Å². The highest BCUT2D eigenvalue weighted by Crippen LogP contribution is 2.49. The monoisotopic (exact) mass is 551 g/mol. The molecule has 196 valence electrons. The second kappa shape index (κ2) is 10.6. The molecule has 0 bridgehead atoms. The number of sulfonamides is 1. The Morgan fingerprint density at radius 1 is 1.08 bits per heavy atom. The molecule has 1 N–H and O–H groups in total. The lowest BCUT2D eigenvalue weighted by atomic mass is 9.71. The summed E-state index contributed by atoms with van der Waals surface area (Å²) in [5, 5.41) is 10.1. The summed E-state index contributed by atoms with van der Waals surface area (Å²) in [5.74, 6) is -0.901. The summed E-state index contributed by atoms with van der Waals surface area (Å²) >= 11 is 6.16. The first-order chi connectivity index (χ1) is 17.6. The minimum absolute atomic E-state index is 0.205. The third-order valence-electron chi connectivity index (χ3n) is 6.47. The van der Waals surface area contributed by atoms with Crippen LogP contribution in [0.5, 0.6) is 11.5 Å². The molecular weight excluding hydrogens is 528 g/mol. The van der Waals surface area contributed by atoms with Crippen LogP contribution in [0.1, 0.15) is 24.8 Å². The van der Waals surface area contributed by atoms with Crippen molar-refractivity contribution in [3.63, 3.8) is 0 Å². The third-order valence-corrected chi connectivity index (χ3v) is 8.63. The van der Waals surface area contributed by atoms with E-state index in [1.165, 1.54) is 0 Å². The molecular formula is C26H24ClF2NO6S. The number of benzene rings is 3. The molecule has 3 aromatic rings. The SMILES string of the molecule is COc1ccc(Cl)cc1-c1ccc(C2(N(CC(=O)O)S(=O)(=O)c3ccc(OC(F)F)cc3)CCC2)cc1. The summed E-state index contributed by atoms with van der Waals surface area (Å²) in [7, 11) is -2.77. The number of alkyl halides is 2. The van der Waals surface area contributed by atoms with E-state index in [0.717, 1.165) is 39.7 Å². The largest absolute Gasteiger partial charge is 0.496 e. The lowest BCUT2D eigenvalue weighted by Gasteiger charge is -2.49. The van der Waals surface area contributed by atoms with Crippen LogP contribution < -0.4 is 9.47 Å². The highest BCUT2D eigenvalue weighted by molar-refractivity contribution is 7.89. The zero-order valence-corrected chi connectivity index (χ0v) is 21.3. The normalized spacial score (nSPS) is 14.9. The van der Waals surface area contributed by atoms with E-state index in [4.69, 9.17) is 16.3 Å². The van der Waals surface area contributed by atoms with Gasteiger partial charge in [-0.3, -0.25) is 4.79 Å².